The van der Waals surface area contributed by atoms with Gasteiger partial charge in [0.2, 0.25) is 0 Å². The van der Waals surface area contributed by atoms with Crippen LogP contribution in [-0.4, -0.2) is 59.4 Å². The molecule has 0 aromatic heterocycles. The maximum atomic E-state index is 15.9. The predicted octanol–water partition coefficient (Wildman–Crippen LogP) is 4.46. The van der Waals surface area contributed by atoms with Crippen LogP contribution in [0, 0.1) is 22.2 Å². The first-order valence-electron chi connectivity index (χ1n) is 13.4. The molecule has 1 spiro atoms. The highest BCUT2D eigenvalue weighted by Gasteiger charge is 2.90. The maximum Gasteiger partial charge on any atom is 0.335 e. The van der Waals surface area contributed by atoms with Gasteiger partial charge in [-0.1, -0.05) is 30.7 Å². The summed E-state index contributed by atoms with van der Waals surface area (Å²) in [4.78, 5) is 48.3. The highest BCUT2D eigenvalue weighted by molar-refractivity contribution is 5.97. The van der Waals surface area contributed by atoms with Crippen LogP contribution in [0.4, 0.5) is 4.39 Å². The topological polar surface area (TPSA) is 116 Å². The molecule has 39 heavy (non-hydrogen) atoms. The van der Waals surface area contributed by atoms with Crippen LogP contribution in [0.1, 0.15) is 70.7 Å². The molecule has 2 unspecified atom stereocenters. The quantitative estimate of drug-likeness (QED) is 0.440. The van der Waals surface area contributed by atoms with E-state index in [9.17, 15) is 19.2 Å². The highest BCUT2D eigenvalue weighted by atomic mass is 19.1. The van der Waals surface area contributed by atoms with Gasteiger partial charge >= 0.3 is 17.9 Å². The van der Waals surface area contributed by atoms with Gasteiger partial charge in [0.25, 0.3) is 0 Å². The molecule has 0 bridgehead atoms. The standard InChI is InChI=1S/C23H29FO6.C7H6O2/c1-11-6-7-14-9-23-20(14,4)17(11)18(29-12(2)25)19(27)21(23,5)15(24)8-16-22(23,10-28-16)30-13(3)26;8-7(9)6-4-2-1-3-5-6/h14-16,18H,6-10H2,1-5H3;1-5H,(H,8,9)/t14-,15?,16+,18+,20+,21-,22-,23?;/m0./s1. The van der Waals surface area contributed by atoms with Crippen molar-refractivity contribution in [2.75, 3.05) is 6.61 Å². The molecule has 0 amide bonds. The van der Waals surface area contributed by atoms with Crippen molar-refractivity contribution in [2.24, 2.45) is 22.2 Å². The lowest BCUT2D eigenvalue weighted by Crippen LogP contribution is -2.90. The Morgan fingerprint density at radius 3 is 2.26 bits per heavy atom. The summed E-state index contributed by atoms with van der Waals surface area (Å²) in [6.07, 6.45) is -0.802. The smallest absolute Gasteiger partial charge is 0.335 e. The fourth-order valence-electron chi connectivity index (χ4n) is 8.88. The van der Waals surface area contributed by atoms with Crippen LogP contribution in [0.5, 0.6) is 0 Å². The van der Waals surface area contributed by atoms with Gasteiger partial charge in [0.05, 0.1) is 17.6 Å². The van der Waals surface area contributed by atoms with Gasteiger partial charge in [-0.15, -0.1) is 0 Å². The zero-order valence-corrected chi connectivity index (χ0v) is 22.9. The van der Waals surface area contributed by atoms with Crippen molar-refractivity contribution in [3.63, 3.8) is 0 Å². The number of ketones is 1. The number of benzene rings is 1. The second kappa shape index (κ2) is 8.98. The summed E-state index contributed by atoms with van der Waals surface area (Å²) < 4.78 is 33.3. The number of allylic oxidation sites excluding steroid dienone is 1. The molecule has 4 aliphatic carbocycles. The molecular formula is C30H35FO8. The van der Waals surface area contributed by atoms with Crippen molar-refractivity contribution < 1.29 is 42.9 Å². The number of carboxylic acids is 1. The predicted molar refractivity (Wildman–Crippen MR) is 136 cm³/mol. The number of aromatic carboxylic acids is 1. The molecule has 4 fully saturated rings. The Labute approximate surface area is 226 Å². The third kappa shape index (κ3) is 3.31. The lowest BCUT2D eigenvalue weighted by molar-refractivity contribution is -0.408. The van der Waals surface area contributed by atoms with Crippen LogP contribution in [0.3, 0.4) is 0 Å². The van der Waals surface area contributed by atoms with Gasteiger partial charge in [-0.25, -0.2) is 9.18 Å². The molecule has 9 heteroatoms. The highest BCUT2D eigenvalue weighted by Crippen LogP contribution is 2.84. The minimum Gasteiger partial charge on any atom is -0.478 e. The van der Waals surface area contributed by atoms with Gasteiger partial charge in [0.1, 0.15) is 12.3 Å². The fraction of sp³-hybridized carbons (Fsp3) is 0.600. The number of esters is 2. The van der Waals surface area contributed by atoms with Gasteiger partial charge in [-0.2, -0.15) is 0 Å². The molecule has 3 saturated carbocycles. The minimum atomic E-state index is -1.47. The van der Waals surface area contributed by atoms with Crippen LogP contribution in [0.15, 0.2) is 41.5 Å². The van der Waals surface area contributed by atoms with Crippen molar-refractivity contribution >= 4 is 23.7 Å². The van der Waals surface area contributed by atoms with E-state index in [1.807, 2.05) is 6.92 Å². The minimum absolute atomic E-state index is 0.0111. The molecule has 1 aromatic rings. The average Bonchev–Trinajstić information content (AvgIpc) is 2.86. The Morgan fingerprint density at radius 2 is 1.74 bits per heavy atom. The van der Waals surface area contributed by atoms with Crippen molar-refractivity contribution in [3.05, 3.63) is 47.0 Å². The number of ether oxygens (including phenoxy) is 3. The SMILES string of the molecule is CC(=O)O[C@H]1C(=O)[C@]2(C)C(F)C[C@H]3OC[C@@]3(OC(C)=O)C23C[C@@H]2CCC(C)=C1[C@@]23C.O=C(O)c1ccccc1. The molecule has 1 N–H and O–H groups in total. The number of Topliss-reactive ketones (excluding diaryl/α,β-unsaturated/α-hetero) is 1. The Balaban J connectivity index is 0.000000292. The maximum absolute atomic E-state index is 15.9. The van der Waals surface area contributed by atoms with Crippen LogP contribution in [0.2, 0.25) is 0 Å². The lowest BCUT2D eigenvalue weighted by Gasteiger charge is -2.82. The van der Waals surface area contributed by atoms with Gasteiger partial charge in [-0.05, 0) is 56.7 Å². The van der Waals surface area contributed by atoms with E-state index in [-0.39, 0.29) is 18.9 Å². The second-order valence-electron chi connectivity index (χ2n) is 12.0. The first kappa shape index (κ1) is 27.5. The van der Waals surface area contributed by atoms with Gasteiger partial charge in [0, 0.05) is 31.1 Å². The fourth-order valence-corrected chi connectivity index (χ4v) is 8.88. The number of hydrogen-bond donors (Lipinski definition) is 1. The molecule has 8 atom stereocenters. The number of fused-ring (bicyclic) bond motifs is 1. The Morgan fingerprint density at radius 1 is 1.08 bits per heavy atom. The zero-order chi connectivity index (χ0) is 28.5. The number of halogens is 1. The first-order chi connectivity index (χ1) is 18.3. The number of carbonyl (C=O) groups is 4. The molecule has 1 aromatic carbocycles. The van der Waals surface area contributed by atoms with Crippen LogP contribution in [-0.2, 0) is 28.6 Å². The lowest BCUT2D eigenvalue weighted by atomic mass is 9.23. The van der Waals surface area contributed by atoms with E-state index in [0.29, 0.717) is 12.0 Å². The van der Waals surface area contributed by atoms with Gasteiger partial charge in [0.15, 0.2) is 17.5 Å². The Kier molecular flexibility index (Phi) is 6.33. The molecule has 6 rings (SSSR count). The second-order valence-corrected chi connectivity index (χ2v) is 12.0. The first-order valence-corrected chi connectivity index (χ1v) is 13.4. The van der Waals surface area contributed by atoms with Crippen molar-refractivity contribution in [2.45, 2.75) is 84.3 Å². The number of carboxylic acid groups (broad SMARTS) is 1. The average molecular weight is 543 g/mol. The van der Waals surface area contributed by atoms with E-state index < -0.39 is 63.9 Å². The third-order valence-corrected chi connectivity index (χ3v) is 10.5. The molecule has 0 radical (unpaired) electrons. The number of alkyl halides is 1. The summed E-state index contributed by atoms with van der Waals surface area (Å²) in [6.45, 7) is 8.50. The van der Waals surface area contributed by atoms with Crippen molar-refractivity contribution in [1.82, 2.24) is 0 Å². The van der Waals surface area contributed by atoms with E-state index in [4.69, 9.17) is 19.3 Å². The number of hydrogen-bond acceptors (Lipinski definition) is 7. The van der Waals surface area contributed by atoms with Crippen LogP contribution in [0.25, 0.3) is 0 Å². The van der Waals surface area contributed by atoms with E-state index in [0.717, 1.165) is 24.0 Å². The number of carbonyl (C=O) groups excluding carboxylic acids is 3. The number of rotatable bonds is 3. The largest absolute Gasteiger partial charge is 0.478 e. The van der Waals surface area contributed by atoms with E-state index in [1.165, 1.54) is 13.8 Å². The molecule has 8 nitrogen and oxygen atoms in total. The van der Waals surface area contributed by atoms with E-state index in [2.05, 4.69) is 6.92 Å². The summed E-state index contributed by atoms with van der Waals surface area (Å²) in [6, 6.07) is 8.30. The summed E-state index contributed by atoms with van der Waals surface area (Å²) >= 11 is 0. The molecule has 5 aliphatic rings. The molecule has 1 heterocycles. The zero-order valence-electron chi connectivity index (χ0n) is 22.9. The van der Waals surface area contributed by atoms with Crippen molar-refractivity contribution in [1.29, 1.82) is 0 Å². The van der Waals surface area contributed by atoms with Crippen molar-refractivity contribution in [3.8, 4) is 0 Å². The van der Waals surface area contributed by atoms with Crippen LogP contribution >= 0.6 is 0 Å². The Bertz CT molecular complexity index is 1270. The van der Waals surface area contributed by atoms with E-state index >= 15 is 4.39 Å². The Hall–Kier alpha value is -3.07. The molecule has 1 saturated heterocycles. The van der Waals surface area contributed by atoms with Gasteiger partial charge in [-0.3, -0.25) is 14.4 Å². The monoisotopic (exact) mass is 542 g/mol. The molecule has 1 aliphatic heterocycles. The summed E-state index contributed by atoms with van der Waals surface area (Å²) in [5.74, 6) is -2.08. The normalized spacial score (nSPS) is 41.2. The van der Waals surface area contributed by atoms with Crippen LogP contribution < -0.4 is 0 Å². The third-order valence-electron chi connectivity index (χ3n) is 10.5. The van der Waals surface area contributed by atoms with Gasteiger partial charge < -0.3 is 19.3 Å². The molecule has 210 valence electrons. The summed E-state index contributed by atoms with van der Waals surface area (Å²) in [5.41, 5.74) is -1.86. The summed E-state index contributed by atoms with van der Waals surface area (Å²) in [7, 11) is 0. The van der Waals surface area contributed by atoms with E-state index in [1.54, 1.807) is 37.3 Å². The molecular weight excluding hydrogens is 507 g/mol. The summed E-state index contributed by atoms with van der Waals surface area (Å²) in [5, 5.41) is 8.38.